The summed E-state index contributed by atoms with van der Waals surface area (Å²) in [6.45, 7) is 0. The molecule has 56 heavy (non-hydrogen) atoms. The first-order valence-electron chi connectivity index (χ1n) is 18.9. The predicted molar refractivity (Wildman–Crippen MR) is 232 cm³/mol. The lowest BCUT2D eigenvalue weighted by Gasteiger charge is -2.15. The predicted octanol–water partition coefficient (Wildman–Crippen LogP) is 13.4. The lowest BCUT2D eigenvalue weighted by Crippen LogP contribution is -2.00. The summed E-state index contributed by atoms with van der Waals surface area (Å²) in [5.41, 5.74) is 8.13. The van der Waals surface area contributed by atoms with Crippen molar-refractivity contribution in [2.24, 2.45) is 0 Å². The van der Waals surface area contributed by atoms with E-state index in [1.165, 1.54) is 37.7 Å². The third-order valence-electron chi connectivity index (χ3n) is 10.9. The first-order chi connectivity index (χ1) is 27.7. The van der Waals surface area contributed by atoms with E-state index in [-0.39, 0.29) is 0 Å². The number of nitrogens with zero attached hydrogens (tertiary/aromatic N) is 4. The summed E-state index contributed by atoms with van der Waals surface area (Å²) >= 11 is 0. The third kappa shape index (κ3) is 5.47. The Morgan fingerprint density at radius 2 is 0.714 bits per heavy atom. The van der Waals surface area contributed by atoms with Crippen molar-refractivity contribution in [2.45, 2.75) is 0 Å². The van der Waals surface area contributed by atoms with E-state index in [0.717, 1.165) is 55.4 Å². The highest BCUT2D eigenvalue weighted by Gasteiger charge is 2.16. The Bertz CT molecular complexity index is 3230. The number of rotatable bonds is 5. The van der Waals surface area contributed by atoms with Gasteiger partial charge in [-0.05, 0) is 61.6 Å². The van der Waals surface area contributed by atoms with Gasteiger partial charge < -0.3 is 0 Å². The van der Waals surface area contributed by atoms with Crippen molar-refractivity contribution < 1.29 is 0 Å². The minimum Gasteiger partial charge on any atom is -0.247 e. The smallest absolute Gasteiger partial charge is 0.164 e. The molecule has 4 nitrogen and oxygen atoms in total. The molecule has 2 heterocycles. The Hall–Kier alpha value is -7.56. The molecule has 0 N–H and O–H groups in total. The van der Waals surface area contributed by atoms with Crippen molar-refractivity contribution in [3.63, 3.8) is 0 Å². The Kier molecular flexibility index (Phi) is 7.46. The normalized spacial score (nSPS) is 11.6. The van der Waals surface area contributed by atoms with Crippen LogP contribution in [0, 0.1) is 0 Å². The number of fused-ring (bicyclic) bond motifs is 8. The zero-order valence-corrected chi connectivity index (χ0v) is 30.3. The third-order valence-corrected chi connectivity index (χ3v) is 10.9. The van der Waals surface area contributed by atoms with Crippen LogP contribution in [-0.2, 0) is 0 Å². The summed E-state index contributed by atoms with van der Waals surface area (Å²) in [6.07, 6.45) is 0. The fourth-order valence-corrected chi connectivity index (χ4v) is 8.07. The van der Waals surface area contributed by atoms with Gasteiger partial charge in [0.2, 0.25) is 0 Å². The molecule has 0 atom stereocenters. The van der Waals surface area contributed by atoms with E-state index in [4.69, 9.17) is 19.9 Å². The van der Waals surface area contributed by atoms with E-state index in [2.05, 4.69) is 133 Å². The number of aromatic nitrogens is 4. The summed E-state index contributed by atoms with van der Waals surface area (Å²) in [5, 5.41) is 10.9. The van der Waals surface area contributed by atoms with Crippen LogP contribution in [-0.4, -0.2) is 19.9 Å². The molecule has 0 bridgehead atoms. The van der Waals surface area contributed by atoms with Crippen LogP contribution in [0.2, 0.25) is 0 Å². The minimum atomic E-state index is 0.638. The monoisotopic (exact) mass is 712 g/mol. The van der Waals surface area contributed by atoms with Crippen molar-refractivity contribution in [3.8, 4) is 56.5 Å². The lowest BCUT2D eigenvalue weighted by molar-refractivity contribution is 1.07. The maximum atomic E-state index is 5.40. The average Bonchev–Trinajstić information content (AvgIpc) is 3.28. The van der Waals surface area contributed by atoms with Gasteiger partial charge in [-0.15, -0.1) is 0 Å². The second-order valence-electron chi connectivity index (χ2n) is 14.2. The molecule has 0 unspecified atom stereocenters. The molecule has 260 valence electrons. The second-order valence-corrected chi connectivity index (χ2v) is 14.2. The van der Waals surface area contributed by atoms with Crippen molar-refractivity contribution in [2.75, 3.05) is 0 Å². The first kappa shape index (κ1) is 31.9. The zero-order chi connectivity index (χ0) is 37.0. The number of hydrogen-bond donors (Lipinski definition) is 0. The van der Waals surface area contributed by atoms with Gasteiger partial charge >= 0.3 is 0 Å². The van der Waals surface area contributed by atoms with Crippen LogP contribution in [0.3, 0.4) is 0 Å². The van der Waals surface area contributed by atoms with Crippen LogP contribution in [0.25, 0.3) is 111 Å². The maximum absolute atomic E-state index is 5.40. The molecule has 0 radical (unpaired) electrons. The van der Waals surface area contributed by atoms with E-state index in [9.17, 15) is 0 Å². The molecular formula is C52H32N4. The highest BCUT2D eigenvalue weighted by molar-refractivity contribution is 6.23. The van der Waals surface area contributed by atoms with Gasteiger partial charge in [-0.25, -0.2) is 19.9 Å². The molecular weight excluding hydrogens is 681 g/mol. The van der Waals surface area contributed by atoms with Gasteiger partial charge in [0.25, 0.3) is 0 Å². The van der Waals surface area contributed by atoms with E-state index in [0.29, 0.717) is 17.5 Å². The largest absolute Gasteiger partial charge is 0.247 e. The van der Waals surface area contributed by atoms with Gasteiger partial charge in [-0.2, -0.15) is 0 Å². The Morgan fingerprint density at radius 3 is 1.39 bits per heavy atom. The topological polar surface area (TPSA) is 51.6 Å². The molecule has 11 rings (SSSR count). The van der Waals surface area contributed by atoms with Crippen LogP contribution in [0.5, 0.6) is 0 Å². The standard InChI is InChI=1S/C52H32N4/c1-3-13-37(14-4-1)50-54-51(38-15-5-2-6-16-38)56-52(55-50)39-24-19-33(20-25-39)40-28-30-47-46(31-40)48-43-18-10-8-12-35(43)27-29-44(48)49(53-47)41-26-23-36-22-21-34-11-7-9-17-42(34)45(36)32-41/h1-32H. The number of hydrogen-bond acceptors (Lipinski definition) is 4. The first-order valence-corrected chi connectivity index (χ1v) is 18.9. The molecule has 4 heteroatoms. The highest BCUT2D eigenvalue weighted by atomic mass is 15.0. The van der Waals surface area contributed by atoms with E-state index >= 15 is 0 Å². The fourth-order valence-electron chi connectivity index (χ4n) is 8.07. The summed E-state index contributed by atoms with van der Waals surface area (Å²) in [5.74, 6) is 1.94. The molecule has 0 saturated carbocycles. The van der Waals surface area contributed by atoms with Crippen molar-refractivity contribution in [3.05, 3.63) is 194 Å². The van der Waals surface area contributed by atoms with E-state index < -0.39 is 0 Å². The molecule has 0 saturated heterocycles. The quantitative estimate of drug-likeness (QED) is 0.167. The Morgan fingerprint density at radius 1 is 0.250 bits per heavy atom. The van der Waals surface area contributed by atoms with Crippen molar-refractivity contribution in [1.82, 2.24) is 19.9 Å². The summed E-state index contributed by atoms with van der Waals surface area (Å²) in [6, 6.07) is 68.3. The van der Waals surface area contributed by atoms with Gasteiger partial charge in [0, 0.05) is 38.4 Å². The summed E-state index contributed by atoms with van der Waals surface area (Å²) in [4.78, 5) is 20.1. The number of benzene rings is 9. The van der Waals surface area contributed by atoms with Crippen LogP contribution in [0.15, 0.2) is 194 Å². The molecule has 0 aliphatic rings. The molecule has 0 amide bonds. The average molecular weight is 713 g/mol. The van der Waals surface area contributed by atoms with E-state index in [1.54, 1.807) is 0 Å². The second kappa shape index (κ2) is 13.1. The lowest BCUT2D eigenvalue weighted by atomic mass is 9.92. The van der Waals surface area contributed by atoms with Gasteiger partial charge in [0.15, 0.2) is 17.5 Å². The number of pyridine rings is 1. The van der Waals surface area contributed by atoms with E-state index in [1.807, 2.05) is 60.7 Å². The Balaban J connectivity index is 1.04. The Labute approximate surface area is 323 Å². The summed E-state index contributed by atoms with van der Waals surface area (Å²) < 4.78 is 0. The van der Waals surface area contributed by atoms with Crippen LogP contribution < -0.4 is 0 Å². The van der Waals surface area contributed by atoms with Crippen molar-refractivity contribution in [1.29, 1.82) is 0 Å². The van der Waals surface area contributed by atoms with Gasteiger partial charge in [-0.3, -0.25) is 0 Å². The molecule has 0 aliphatic heterocycles. The molecule has 9 aromatic carbocycles. The van der Waals surface area contributed by atoms with Crippen LogP contribution >= 0.6 is 0 Å². The molecule has 0 aliphatic carbocycles. The van der Waals surface area contributed by atoms with Gasteiger partial charge in [0.1, 0.15) is 0 Å². The molecule has 2 aromatic heterocycles. The summed E-state index contributed by atoms with van der Waals surface area (Å²) in [7, 11) is 0. The molecule has 0 fully saturated rings. The molecule has 11 aromatic rings. The van der Waals surface area contributed by atoms with Gasteiger partial charge in [0.05, 0.1) is 11.2 Å². The fraction of sp³-hybridized carbons (Fsp3) is 0. The SMILES string of the molecule is c1ccc(-c2nc(-c3ccccc3)nc(-c3ccc(-c4ccc5nc(-c6ccc7ccc8ccccc8c7c6)c6ccc7ccccc7c6c5c4)cc3)n2)cc1. The minimum absolute atomic E-state index is 0.638. The van der Waals surface area contributed by atoms with Crippen LogP contribution in [0.1, 0.15) is 0 Å². The van der Waals surface area contributed by atoms with Crippen LogP contribution in [0.4, 0.5) is 0 Å². The maximum Gasteiger partial charge on any atom is 0.164 e. The zero-order valence-electron chi connectivity index (χ0n) is 30.3. The van der Waals surface area contributed by atoms with Gasteiger partial charge in [-0.1, -0.05) is 176 Å². The molecule has 0 spiro atoms. The van der Waals surface area contributed by atoms with Crippen molar-refractivity contribution >= 4 is 54.0 Å². The highest BCUT2D eigenvalue weighted by Crippen LogP contribution is 2.40.